The minimum atomic E-state index is 0.661. The van der Waals surface area contributed by atoms with E-state index in [1.807, 2.05) is 6.20 Å². The number of thioether (sulfide) groups is 1. The molecular formula is C12H15N3S. The molecule has 0 aromatic carbocycles. The molecule has 0 spiro atoms. The number of nitrogens with zero attached hydrogens (tertiary/aromatic N) is 3. The molecule has 2 unspecified atom stereocenters. The van der Waals surface area contributed by atoms with E-state index in [-0.39, 0.29) is 0 Å². The third-order valence-electron chi connectivity index (χ3n) is 3.80. The van der Waals surface area contributed by atoms with E-state index < -0.39 is 0 Å². The van der Waals surface area contributed by atoms with Gasteiger partial charge in [-0.3, -0.25) is 0 Å². The maximum absolute atomic E-state index is 4.74. The number of anilines is 1. The van der Waals surface area contributed by atoms with Crippen molar-refractivity contribution in [2.45, 2.75) is 36.5 Å². The Hall–Kier alpha value is -0.770. The van der Waals surface area contributed by atoms with Crippen LogP contribution in [0.25, 0.3) is 0 Å². The van der Waals surface area contributed by atoms with Crippen LogP contribution in [0.5, 0.6) is 0 Å². The normalized spacial score (nSPS) is 32.4. The Kier molecular flexibility index (Phi) is 1.95. The summed E-state index contributed by atoms with van der Waals surface area (Å²) in [6.45, 7) is 1.19. The van der Waals surface area contributed by atoms with E-state index in [1.165, 1.54) is 37.4 Å². The zero-order valence-corrected chi connectivity index (χ0v) is 9.99. The first kappa shape index (κ1) is 9.28. The zero-order chi connectivity index (χ0) is 10.5. The third kappa shape index (κ3) is 1.43. The summed E-state index contributed by atoms with van der Waals surface area (Å²) < 4.78 is 0. The number of hydrogen-bond acceptors (Lipinski definition) is 4. The largest absolute Gasteiger partial charge is 0.352 e. The monoisotopic (exact) mass is 233 g/mol. The molecular weight excluding hydrogens is 218 g/mol. The Morgan fingerprint density at radius 3 is 3.00 bits per heavy atom. The molecule has 1 aromatic rings. The van der Waals surface area contributed by atoms with Crippen molar-refractivity contribution < 1.29 is 0 Å². The van der Waals surface area contributed by atoms with E-state index in [0.29, 0.717) is 5.92 Å². The lowest BCUT2D eigenvalue weighted by molar-refractivity contribution is 0.743. The van der Waals surface area contributed by atoms with Gasteiger partial charge in [0, 0.05) is 35.7 Å². The maximum Gasteiger partial charge on any atom is 0.133 e. The van der Waals surface area contributed by atoms with Crippen molar-refractivity contribution in [2.75, 3.05) is 17.2 Å². The van der Waals surface area contributed by atoms with Gasteiger partial charge in [-0.05, 0) is 25.3 Å². The van der Waals surface area contributed by atoms with Crippen molar-refractivity contribution in [1.82, 2.24) is 9.97 Å². The molecule has 3 nitrogen and oxygen atoms in total. The van der Waals surface area contributed by atoms with Crippen molar-refractivity contribution >= 4 is 17.6 Å². The Morgan fingerprint density at radius 1 is 1.38 bits per heavy atom. The van der Waals surface area contributed by atoms with Gasteiger partial charge in [0.25, 0.3) is 0 Å². The molecule has 16 heavy (non-hydrogen) atoms. The zero-order valence-electron chi connectivity index (χ0n) is 9.17. The molecule has 4 heteroatoms. The second-order valence-corrected chi connectivity index (χ2v) is 6.38. The van der Waals surface area contributed by atoms with E-state index in [1.54, 1.807) is 0 Å². The highest BCUT2D eigenvalue weighted by atomic mass is 32.2. The van der Waals surface area contributed by atoms with Crippen LogP contribution in [0.4, 0.5) is 5.82 Å². The van der Waals surface area contributed by atoms with Crippen LogP contribution in [-0.2, 0) is 0 Å². The van der Waals surface area contributed by atoms with Crippen molar-refractivity contribution in [3.05, 3.63) is 18.1 Å². The molecule has 1 saturated carbocycles. The van der Waals surface area contributed by atoms with Crippen molar-refractivity contribution in [3.8, 4) is 0 Å². The molecule has 2 atom stereocenters. The molecule has 0 radical (unpaired) electrons. The van der Waals surface area contributed by atoms with Gasteiger partial charge in [0.1, 0.15) is 11.6 Å². The quantitative estimate of drug-likeness (QED) is 0.782. The van der Waals surface area contributed by atoms with Gasteiger partial charge in [-0.2, -0.15) is 11.8 Å². The molecule has 2 aliphatic heterocycles. The number of fused-ring (bicyclic) bond motifs is 2. The first-order chi connectivity index (χ1) is 7.90. The fraction of sp³-hybridized carbons (Fsp3) is 0.667. The SMILES string of the molecule is c1cc(N2CC3CC2CS3)nc(C2CC2)n1. The van der Waals surface area contributed by atoms with E-state index in [0.717, 1.165) is 17.1 Å². The summed E-state index contributed by atoms with van der Waals surface area (Å²) in [5, 5.41) is 0.851. The molecule has 2 saturated heterocycles. The van der Waals surface area contributed by atoms with Gasteiger partial charge >= 0.3 is 0 Å². The third-order valence-corrected chi connectivity index (χ3v) is 5.19. The molecule has 3 aliphatic rings. The van der Waals surface area contributed by atoms with Gasteiger partial charge in [0.05, 0.1) is 0 Å². The van der Waals surface area contributed by atoms with Gasteiger partial charge in [-0.25, -0.2) is 9.97 Å². The molecule has 3 fully saturated rings. The highest BCUT2D eigenvalue weighted by Crippen LogP contribution is 2.41. The molecule has 4 rings (SSSR count). The predicted octanol–water partition coefficient (Wildman–Crippen LogP) is 2.05. The lowest BCUT2D eigenvalue weighted by Crippen LogP contribution is -2.34. The number of rotatable bonds is 2. The molecule has 84 valence electrons. The Balaban J connectivity index is 1.64. The van der Waals surface area contributed by atoms with Gasteiger partial charge in [0.2, 0.25) is 0 Å². The molecule has 0 N–H and O–H groups in total. The summed E-state index contributed by atoms with van der Waals surface area (Å²) in [5.74, 6) is 4.19. The van der Waals surface area contributed by atoms with Crippen LogP contribution >= 0.6 is 11.8 Å². The van der Waals surface area contributed by atoms with E-state index in [2.05, 4.69) is 27.7 Å². The first-order valence-electron chi connectivity index (χ1n) is 6.11. The second-order valence-electron chi connectivity index (χ2n) is 5.04. The summed E-state index contributed by atoms with van der Waals surface area (Å²) >= 11 is 2.13. The Bertz CT molecular complexity index is 418. The van der Waals surface area contributed by atoms with E-state index in [9.17, 15) is 0 Å². The first-order valence-corrected chi connectivity index (χ1v) is 7.16. The lowest BCUT2D eigenvalue weighted by atomic mass is 10.2. The van der Waals surface area contributed by atoms with Crippen molar-refractivity contribution in [1.29, 1.82) is 0 Å². The number of aromatic nitrogens is 2. The summed E-state index contributed by atoms with van der Waals surface area (Å²) in [4.78, 5) is 11.6. The summed E-state index contributed by atoms with van der Waals surface area (Å²) in [6.07, 6.45) is 5.86. The minimum Gasteiger partial charge on any atom is -0.352 e. The van der Waals surface area contributed by atoms with Crippen molar-refractivity contribution in [3.63, 3.8) is 0 Å². The highest BCUT2D eigenvalue weighted by Gasteiger charge is 2.39. The number of hydrogen-bond donors (Lipinski definition) is 0. The van der Waals surface area contributed by atoms with Crippen molar-refractivity contribution in [2.24, 2.45) is 0 Å². The average molecular weight is 233 g/mol. The smallest absolute Gasteiger partial charge is 0.133 e. The molecule has 2 bridgehead atoms. The van der Waals surface area contributed by atoms with Crippen LogP contribution in [0.2, 0.25) is 0 Å². The second kappa shape index (κ2) is 3.36. The summed E-state index contributed by atoms with van der Waals surface area (Å²) in [6, 6.07) is 2.81. The average Bonchev–Trinajstić information content (AvgIpc) is 2.98. The van der Waals surface area contributed by atoms with Gasteiger partial charge < -0.3 is 4.90 Å². The maximum atomic E-state index is 4.74. The Labute approximate surface area is 99.7 Å². The van der Waals surface area contributed by atoms with Gasteiger partial charge in [-0.15, -0.1) is 0 Å². The van der Waals surface area contributed by atoms with E-state index in [4.69, 9.17) is 4.98 Å². The van der Waals surface area contributed by atoms with E-state index >= 15 is 0 Å². The topological polar surface area (TPSA) is 29.0 Å². The molecule has 3 heterocycles. The van der Waals surface area contributed by atoms with Gasteiger partial charge in [0.15, 0.2) is 0 Å². The van der Waals surface area contributed by atoms with Crippen LogP contribution in [-0.4, -0.2) is 33.6 Å². The van der Waals surface area contributed by atoms with Crippen LogP contribution in [0.15, 0.2) is 12.3 Å². The highest BCUT2D eigenvalue weighted by molar-refractivity contribution is 8.00. The predicted molar refractivity (Wildman–Crippen MR) is 66.0 cm³/mol. The fourth-order valence-electron chi connectivity index (χ4n) is 2.74. The molecule has 1 aromatic heterocycles. The Morgan fingerprint density at radius 2 is 2.31 bits per heavy atom. The van der Waals surface area contributed by atoms with Crippen LogP contribution in [0.3, 0.4) is 0 Å². The van der Waals surface area contributed by atoms with Crippen LogP contribution in [0.1, 0.15) is 31.0 Å². The molecule has 0 amide bonds. The lowest BCUT2D eigenvalue weighted by Gasteiger charge is -2.27. The fourth-order valence-corrected chi connectivity index (χ4v) is 4.18. The van der Waals surface area contributed by atoms with Crippen LogP contribution in [0, 0.1) is 0 Å². The molecule has 1 aliphatic carbocycles. The van der Waals surface area contributed by atoms with Gasteiger partial charge in [-0.1, -0.05) is 0 Å². The summed E-state index contributed by atoms with van der Waals surface area (Å²) in [7, 11) is 0. The summed E-state index contributed by atoms with van der Waals surface area (Å²) in [5.41, 5.74) is 0. The standard InChI is InChI=1S/C12H15N3S/c1-2-8(1)12-13-4-3-11(14-12)15-6-10-5-9(15)7-16-10/h3-4,8-10H,1-2,5-7H2. The van der Waals surface area contributed by atoms with Crippen LogP contribution < -0.4 is 4.90 Å². The minimum absolute atomic E-state index is 0.661.